The van der Waals surface area contributed by atoms with Crippen LogP contribution in [0.3, 0.4) is 0 Å². The fraction of sp³-hybridized carbons (Fsp3) is 0.278. The minimum absolute atomic E-state index is 0.0399. The van der Waals surface area contributed by atoms with Crippen LogP contribution >= 0.6 is 11.3 Å². The number of hydrogen-bond donors (Lipinski definition) is 1. The van der Waals surface area contributed by atoms with Crippen LogP contribution in [0.25, 0.3) is 5.65 Å². The molecule has 3 rings (SSSR count). The van der Waals surface area contributed by atoms with Crippen LogP contribution in [0.4, 0.5) is 18.2 Å². The molecule has 10 heteroatoms. The lowest BCUT2D eigenvalue weighted by molar-refractivity contribution is -0.137. The summed E-state index contributed by atoms with van der Waals surface area (Å²) in [5.41, 5.74) is -0.265. The number of amides is 1. The molecule has 0 aromatic carbocycles. The summed E-state index contributed by atoms with van der Waals surface area (Å²) in [5.74, 6) is -1.26. The molecule has 0 aliphatic carbocycles. The first-order chi connectivity index (χ1) is 13.1. The molecule has 1 amide bonds. The Labute approximate surface area is 162 Å². The molecule has 1 N–H and O–H groups in total. The van der Waals surface area contributed by atoms with E-state index in [1.54, 1.807) is 19.9 Å². The Balaban J connectivity index is 2.01. The van der Waals surface area contributed by atoms with Gasteiger partial charge in [0.25, 0.3) is 5.91 Å². The maximum Gasteiger partial charge on any atom is 0.417 e. The summed E-state index contributed by atoms with van der Waals surface area (Å²) in [6.07, 6.45) is -3.72. The Kier molecular flexibility index (Phi) is 5.16. The minimum Gasteiger partial charge on any atom is -0.462 e. The number of imidazole rings is 1. The molecule has 0 unspecified atom stereocenters. The number of pyridine rings is 1. The molecule has 0 radical (unpaired) electrons. The first kappa shape index (κ1) is 19.9. The molecular formula is C18H16F3N3O3S. The van der Waals surface area contributed by atoms with Crippen molar-refractivity contribution in [2.45, 2.75) is 26.9 Å². The van der Waals surface area contributed by atoms with E-state index in [2.05, 4.69) is 10.3 Å². The molecule has 0 spiro atoms. The smallest absolute Gasteiger partial charge is 0.417 e. The summed E-state index contributed by atoms with van der Waals surface area (Å²) in [6.45, 7) is 5.13. The number of carbonyl (C=O) groups excluding carboxylic acids is 2. The maximum absolute atomic E-state index is 13.0. The quantitative estimate of drug-likeness (QED) is 0.644. The van der Waals surface area contributed by atoms with Crippen LogP contribution in [0.15, 0.2) is 24.4 Å². The Morgan fingerprint density at radius 1 is 1.29 bits per heavy atom. The SMILES string of the molecule is CCOC(=O)c1cc(C)sc1NC(=O)c1c(C)nc2ccc(C(F)(F)F)cn12. The first-order valence-corrected chi connectivity index (χ1v) is 9.08. The molecule has 148 valence electrons. The zero-order valence-corrected chi connectivity index (χ0v) is 16.0. The lowest BCUT2D eigenvalue weighted by atomic mass is 10.2. The number of thiophene rings is 1. The van der Waals surface area contributed by atoms with Gasteiger partial charge in [0.05, 0.1) is 23.4 Å². The fourth-order valence-electron chi connectivity index (χ4n) is 2.73. The lowest BCUT2D eigenvalue weighted by Gasteiger charge is -2.09. The van der Waals surface area contributed by atoms with E-state index in [1.165, 1.54) is 24.3 Å². The number of hydrogen-bond acceptors (Lipinski definition) is 5. The number of esters is 1. The molecular weight excluding hydrogens is 395 g/mol. The van der Waals surface area contributed by atoms with Crippen molar-refractivity contribution >= 4 is 33.9 Å². The molecule has 28 heavy (non-hydrogen) atoms. The van der Waals surface area contributed by atoms with Crippen molar-refractivity contribution in [3.63, 3.8) is 0 Å². The van der Waals surface area contributed by atoms with Crippen LogP contribution in [0.2, 0.25) is 0 Å². The molecule has 0 aliphatic rings. The monoisotopic (exact) mass is 411 g/mol. The van der Waals surface area contributed by atoms with E-state index < -0.39 is 23.6 Å². The van der Waals surface area contributed by atoms with Gasteiger partial charge in [0, 0.05) is 11.1 Å². The molecule has 0 aliphatic heterocycles. The number of aryl methyl sites for hydroxylation is 2. The molecule has 0 saturated carbocycles. The van der Waals surface area contributed by atoms with Crippen molar-refractivity contribution < 1.29 is 27.5 Å². The van der Waals surface area contributed by atoms with Gasteiger partial charge in [-0.1, -0.05) is 0 Å². The van der Waals surface area contributed by atoms with Gasteiger partial charge in [-0.2, -0.15) is 13.2 Å². The second-order valence-electron chi connectivity index (χ2n) is 5.96. The topological polar surface area (TPSA) is 72.7 Å². The van der Waals surface area contributed by atoms with Crippen molar-refractivity contribution in [2.75, 3.05) is 11.9 Å². The first-order valence-electron chi connectivity index (χ1n) is 8.26. The van der Waals surface area contributed by atoms with Gasteiger partial charge >= 0.3 is 12.1 Å². The van der Waals surface area contributed by atoms with E-state index in [0.29, 0.717) is 0 Å². The highest BCUT2D eigenvalue weighted by Crippen LogP contribution is 2.31. The summed E-state index contributed by atoms with van der Waals surface area (Å²) in [7, 11) is 0. The van der Waals surface area contributed by atoms with Crippen molar-refractivity contribution in [2.24, 2.45) is 0 Å². The number of rotatable bonds is 4. The summed E-state index contributed by atoms with van der Waals surface area (Å²) in [4.78, 5) is 29.8. The van der Waals surface area contributed by atoms with E-state index in [1.807, 2.05) is 0 Å². The van der Waals surface area contributed by atoms with E-state index in [-0.39, 0.29) is 34.2 Å². The fourth-order valence-corrected chi connectivity index (χ4v) is 3.63. The van der Waals surface area contributed by atoms with Gasteiger partial charge in [-0.05, 0) is 39.0 Å². The largest absolute Gasteiger partial charge is 0.462 e. The molecule has 3 heterocycles. The highest BCUT2D eigenvalue weighted by Gasteiger charge is 2.32. The number of alkyl halides is 3. The van der Waals surface area contributed by atoms with Gasteiger partial charge in [-0.25, -0.2) is 9.78 Å². The Bertz CT molecular complexity index is 1070. The standard InChI is InChI=1S/C18H16F3N3O3S/c1-4-27-17(26)12-7-9(2)28-16(12)23-15(25)14-10(3)22-13-6-5-11(8-24(13)14)18(19,20)21/h5-8H,4H2,1-3H3,(H,23,25). The Morgan fingerprint density at radius 2 is 2.00 bits per heavy atom. The third-order valence-electron chi connectivity index (χ3n) is 3.91. The summed E-state index contributed by atoms with van der Waals surface area (Å²) >= 11 is 1.17. The van der Waals surface area contributed by atoms with Crippen LogP contribution in [0, 0.1) is 13.8 Å². The molecule has 0 fully saturated rings. The number of ether oxygens (including phenoxy) is 1. The van der Waals surface area contributed by atoms with Gasteiger partial charge in [-0.3, -0.25) is 9.20 Å². The van der Waals surface area contributed by atoms with Crippen LogP contribution in [0.1, 0.15) is 43.9 Å². The van der Waals surface area contributed by atoms with Crippen LogP contribution in [-0.2, 0) is 10.9 Å². The van der Waals surface area contributed by atoms with Crippen molar-refractivity contribution in [3.05, 3.63) is 51.8 Å². The predicted molar refractivity (Wildman–Crippen MR) is 97.9 cm³/mol. The minimum atomic E-state index is -4.55. The predicted octanol–water partition coefficient (Wildman–Crippen LogP) is 4.46. The van der Waals surface area contributed by atoms with Gasteiger partial charge in [0.1, 0.15) is 16.3 Å². The van der Waals surface area contributed by atoms with Gasteiger partial charge in [-0.15, -0.1) is 11.3 Å². The second kappa shape index (κ2) is 7.27. The third-order valence-corrected chi connectivity index (χ3v) is 4.88. The number of halogens is 3. The van der Waals surface area contributed by atoms with E-state index in [0.717, 1.165) is 21.5 Å². The molecule has 0 atom stereocenters. The van der Waals surface area contributed by atoms with Crippen molar-refractivity contribution in [3.8, 4) is 0 Å². The van der Waals surface area contributed by atoms with E-state index in [4.69, 9.17) is 4.74 Å². The average Bonchev–Trinajstić information content (AvgIpc) is 3.12. The van der Waals surface area contributed by atoms with Crippen LogP contribution in [0.5, 0.6) is 0 Å². The van der Waals surface area contributed by atoms with Crippen molar-refractivity contribution in [1.29, 1.82) is 0 Å². The van der Waals surface area contributed by atoms with Crippen molar-refractivity contribution in [1.82, 2.24) is 9.38 Å². The molecule has 0 bridgehead atoms. The summed E-state index contributed by atoms with van der Waals surface area (Å²) < 4.78 is 45.2. The highest BCUT2D eigenvalue weighted by molar-refractivity contribution is 7.16. The Hall–Kier alpha value is -2.88. The van der Waals surface area contributed by atoms with Crippen LogP contribution in [-0.4, -0.2) is 27.9 Å². The summed E-state index contributed by atoms with van der Waals surface area (Å²) in [5, 5.41) is 2.87. The molecule has 0 saturated heterocycles. The Morgan fingerprint density at radius 3 is 2.64 bits per heavy atom. The normalized spacial score (nSPS) is 11.6. The zero-order valence-electron chi connectivity index (χ0n) is 15.2. The van der Waals surface area contributed by atoms with Crippen LogP contribution < -0.4 is 5.32 Å². The second-order valence-corrected chi connectivity index (χ2v) is 7.22. The van der Waals surface area contributed by atoms with E-state index in [9.17, 15) is 22.8 Å². The average molecular weight is 411 g/mol. The molecule has 3 aromatic rings. The van der Waals surface area contributed by atoms with E-state index >= 15 is 0 Å². The third kappa shape index (κ3) is 3.72. The number of anilines is 1. The van der Waals surface area contributed by atoms with Gasteiger partial charge < -0.3 is 10.1 Å². The lowest BCUT2D eigenvalue weighted by Crippen LogP contribution is -2.17. The summed E-state index contributed by atoms with van der Waals surface area (Å²) in [6, 6.07) is 3.69. The number of aromatic nitrogens is 2. The highest BCUT2D eigenvalue weighted by atomic mass is 32.1. The van der Waals surface area contributed by atoms with Gasteiger partial charge in [0.15, 0.2) is 0 Å². The molecule has 3 aromatic heterocycles. The zero-order chi connectivity index (χ0) is 20.6. The maximum atomic E-state index is 13.0. The number of nitrogens with zero attached hydrogens (tertiary/aromatic N) is 2. The number of fused-ring (bicyclic) bond motifs is 1. The number of nitrogens with one attached hydrogen (secondary N) is 1. The van der Waals surface area contributed by atoms with Gasteiger partial charge in [0.2, 0.25) is 0 Å². The molecule has 6 nitrogen and oxygen atoms in total. The number of carbonyl (C=O) groups is 2.